The van der Waals surface area contributed by atoms with Crippen LogP contribution in [0.4, 0.5) is 4.79 Å². The molecule has 2 amide bonds. The molecule has 6 heteroatoms. The van der Waals surface area contributed by atoms with Crippen molar-refractivity contribution in [2.45, 2.75) is 18.9 Å². The van der Waals surface area contributed by atoms with E-state index in [9.17, 15) is 9.59 Å². The monoisotopic (exact) mass is 265 g/mol. The molecule has 1 N–H and O–H groups in total. The summed E-state index contributed by atoms with van der Waals surface area (Å²) in [5.41, 5.74) is 2.86. The molecule has 0 aliphatic carbocycles. The van der Waals surface area contributed by atoms with E-state index < -0.39 is 12.1 Å². The number of carbonyl (C=O) groups is 2. The van der Waals surface area contributed by atoms with E-state index in [2.05, 4.69) is 11.5 Å². The van der Waals surface area contributed by atoms with Gasteiger partial charge in [0.2, 0.25) is 0 Å². The summed E-state index contributed by atoms with van der Waals surface area (Å²) in [5, 5.41) is 1.86. The fourth-order valence-electron chi connectivity index (χ4n) is 2.21. The Kier molecular flexibility index (Phi) is 4.57. The van der Waals surface area contributed by atoms with Crippen LogP contribution in [-0.4, -0.2) is 54.7 Å². The lowest BCUT2D eigenvalue weighted by Gasteiger charge is -2.33. The Morgan fingerprint density at radius 2 is 2.00 bits per heavy atom. The summed E-state index contributed by atoms with van der Waals surface area (Å²) >= 11 is 0. The number of nitrogens with zero attached hydrogens (tertiary/aromatic N) is 2. The Balaban J connectivity index is 1.97. The molecule has 0 saturated carbocycles. The van der Waals surface area contributed by atoms with Crippen LogP contribution in [0, 0.1) is 0 Å². The Hall–Kier alpha value is -1.82. The van der Waals surface area contributed by atoms with Crippen molar-refractivity contribution < 1.29 is 14.3 Å². The van der Waals surface area contributed by atoms with E-state index in [0.29, 0.717) is 19.5 Å². The van der Waals surface area contributed by atoms with Crippen LogP contribution < -0.4 is 5.43 Å². The van der Waals surface area contributed by atoms with Gasteiger partial charge in [0.1, 0.15) is 6.04 Å². The molecule has 2 aliphatic rings. The number of hydrazine groups is 1. The third-order valence-electron chi connectivity index (χ3n) is 3.24. The smallest absolute Gasteiger partial charge is 0.410 e. The normalized spacial score (nSPS) is 23.2. The lowest BCUT2D eigenvalue weighted by Crippen LogP contribution is -2.55. The van der Waals surface area contributed by atoms with E-state index >= 15 is 0 Å². The minimum absolute atomic E-state index is 0.162. The van der Waals surface area contributed by atoms with Gasteiger partial charge in [0.25, 0.3) is 5.91 Å². The van der Waals surface area contributed by atoms with Crippen molar-refractivity contribution in [3.05, 3.63) is 24.3 Å². The van der Waals surface area contributed by atoms with E-state index in [1.54, 1.807) is 0 Å². The number of ether oxygens (including phenoxy) is 1. The molecule has 104 valence electrons. The van der Waals surface area contributed by atoms with Gasteiger partial charge in [0.15, 0.2) is 0 Å². The van der Waals surface area contributed by atoms with Gasteiger partial charge in [0.05, 0.1) is 7.11 Å². The van der Waals surface area contributed by atoms with Crippen molar-refractivity contribution in [1.82, 2.24) is 15.3 Å². The fraction of sp³-hybridized carbons (Fsp3) is 0.538. The average Bonchev–Trinajstić information content (AvgIpc) is 2.47. The molecule has 0 fully saturated rings. The van der Waals surface area contributed by atoms with E-state index in [1.165, 1.54) is 12.0 Å². The van der Waals surface area contributed by atoms with Crippen LogP contribution in [0.15, 0.2) is 24.3 Å². The van der Waals surface area contributed by atoms with Crippen molar-refractivity contribution >= 4 is 12.0 Å². The Morgan fingerprint density at radius 1 is 1.21 bits per heavy atom. The van der Waals surface area contributed by atoms with E-state index in [0.717, 1.165) is 13.0 Å². The second kappa shape index (κ2) is 6.38. The van der Waals surface area contributed by atoms with Crippen LogP contribution in [0.1, 0.15) is 12.8 Å². The van der Waals surface area contributed by atoms with E-state index in [-0.39, 0.29) is 5.91 Å². The quantitative estimate of drug-likeness (QED) is 0.746. The van der Waals surface area contributed by atoms with Crippen LogP contribution >= 0.6 is 0 Å². The molecule has 2 rings (SSSR count). The number of nitrogens with one attached hydrogen (secondary N) is 1. The molecule has 0 radical (unpaired) electrons. The van der Waals surface area contributed by atoms with Gasteiger partial charge in [0, 0.05) is 19.6 Å². The highest BCUT2D eigenvalue weighted by Crippen LogP contribution is 2.13. The third-order valence-corrected chi connectivity index (χ3v) is 3.24. The number of rotatable bonds is 2. The molecule has 2 aliphatic heterocycles. The van der Waals surface area contributed by atoms with Gasteiger partial charge >= 0.3 is 6.09 Å². The Bertz CT molecular complexity index is 406. The molecule has 6 nitrogen and oxygen atoms in total. The van der Waals surface area contributed by atoms with Crippen molar-refractivity contribution in [1.29, 1.82) is 0 Å². The molecule has 19 heavy (non-hydrogen) atoms. The van der Waals surface area contributed by atoms with Gasteiger partial charge in [-0.3, -0.25) is 15.1 Å². The fourth-order valence-corrected chi connectivity index (χ4v) is 2.21. The van der Waals surface area contributed by atoms with E-state index in [1.807, 2.05) is 23.2 Å². The van der Waals surface area contributed by atoms with Gasteiger partial charge in [-0.1, -0.05) is 24.3 Å². The molecule has 1 atom stereocenters. The van der Waals surface area contributed by atoms with Crippen molar-refractivity contribution in [2.24, 2.45) is 0 Å². The largest absolute Gasteiger partial charge is 0.453 e. The van der Waals surface area contributed by atoms with Crippen LogP contribution in [-0.2, 0) is 9.53 Å². The van der Waals surface area contributed by atoms with Crippen LogP contribution in [0.2, 0.25) is 0 Å². The summed E-state index contributed by atoms with van der Waals surface area (Å²) < 4.78 is 4.71. The molecule has 1 unspecified atom stereocenters. The van der Waals surface area contributed by atoms with Crippen molar-refractivity contribution in [3.63, 3.8) is 0 Å². The molecule has 0 spiro atoms. The zero-order valence-electron chi connectivity index (χ0n) is 11.0. The summed E-state index contributed by atoms with van der Waals surface area (Å²) in [7, 11) is 1.32. The number of carbonyl (C=O) groups excluding carboxylic acids is 2. The molecule has 0 saturated heterocycles. The molecule has 0 bridgehead atoms. The predicted molar refractivity (Wildman–Crippen MR) is 70.1 cm³/mol. The third kappa shape index (κ3) is 3.35. The maximum absolute atomic E-state index is 12.2. The first-order chi connectivity index (χ1) is 9.22. The Labute approximate surface area is 112 Å². The molecule has 2 heterocycles. The number of methoxy groups -OCH3 is 1. The molecular weight excluding hydrogens is 246 g/mol. The SMILES string of the molecule is COC(=O)N1CC=CCC1C(=O)NN1CC=CCC1. The topological polar surface area (TPSA) is 61.9 Å². The highest BCUT2D eigenvalue weighted by Gasteiger charge is 2.31. The first-order valence-electron chi connectivity index (χ1n) is 6.42. The standard InChI is InChI=1S/C13H19N3O3/c1-19-13(18)16-10-6-3-7-11(16)12(17)14-15-8-4-2-5-9-15/h2-4,6,11H,5,7-10H2,1H3,(H,14,17). The average molecular weight is 265 g/mol. The second-order valence-electron chi connectivity index (χ2n) is 4.53. The van der Waals surface area contributed by atoms with Crippen LogP contribution in [0.3, 0.4) is 0 Å². The molecule has 0 aromatic carbocycles. The van der Waals surface area contributed by atoms with Crippen molar-refractivity contribution in [2.75, 3.05) is 26.7 Å². The highest BCUT2D eigenvalue weighted by atomic mass is 16.5. The minimum atomic E-state index is -0.497. The summed E-state index contributed by atoms with van der Waals surface area (Å²) in [4.78, 5) is 25.3. The van der Waals surface area contributed by atoms with Gasteiger partial charge in [-0.15, -0.1) is 0 Å². The minimum Gasteiger partial charge on any atom is -0.453 e. The maximum Gasteiger partial charge on any atom is 0.410 e. The second-order valence-corrected chi connectivity index (χ2v) is 4.53. The number of amides is 2. The molecule has 0 aromatic rings. The van der Waals surface area contributed by atoms with Gasteiger partial charge < -0.3 is 4.74 Å². The van der Waals surface area contributed by atoms with Crippen LogP contribution in [0.25, 0.3) is 0 Å². The maximum atomic E-state index is 12.2. The first kappa shape index (κ1) is 13.6. The number of hydrogen-bond acceptors (Lipinski definition) is 4. The molecule has 0 aromatic heterocycles. The summed E-state index contributed by atoms with van der Waals surface area (Å²) in [6.07, 6.45) is 8.86. The lowest BCUT2D eigenvalue weighted by atomic mass is 10.1. The zero-order valence-corrected chi connectivity index (χ0v) is 11.0. The predicted octanol–water partition coefficient (Wildman–Crippen LogP) is 0.676. The lowest BCUT2D eigenvalue weighted by molar-refractivity contribution is -0.130. The Morgan fingerprint density at radius 3 is 2.68 bits per heavy atom. The first-order valence-corrected chi connectivity index (χ1v) is 6.42. The summed E-state index contributed by atoms with van der Waals surface area (Å²) in [5.74, 6) is -0.162. The summed E-state index contributed by atoms with van der Waals surface area (Å²) in [6, 6.07) is -0.497. The molecular formula is C13H19N3O3. The summed E-state index contributed by atoms with van der Waals surface area (Å²) in [6.45, 7) is 1.90. The number of hydrogen-bond donors (Lipinski definition) is 1. The zero-order chi connectivity index (χ0) is 13.7. The van der Waals surface area contributed by atoms with Gasteiger partial charge in [-0.05, 0) is 12.8 Å². The van der Waals surface area contributed by atoms with Gasteiger partial charge in [-0.25, -0.2) is 9.80 Å². The van der Waals surface area contributed by atoms with Gasteiger partial charge in [-0.2, -0.15) is 0 Å². The van der Waals surface area contributed by atoms with E-state index in [4.69, 9.17) is 4.74 Å². The van der Waals surface area contributed by atoms with Crippen LogP contribution in [0.5, 0.6) is 0 Å². The van der Waals surface area contributed by atoms with Crippen molar-refractivity contribution in [3.8, 4) is 0 Å². The highest BCUT2D eigenvalue weighted by molar-refractivity contribution is 5.85.